The Morgan fingerprint density at radius 3 is 2.50 bits per heavy atom. The van der Waals surface area contributed by atoms with Gasteiger partial charge in [0.1, 0.15) is 12.4 Å². The van der Waals surface area contributed by atoms with E-state index in [0.29, 0.717) is 28.0 Å². The monoisotopic (exact) mass is 311 g/mol. The third kappa shape index (κ3) is 3.40. The molecule has 0 fully saturated rings. The second-order valence-electron chi connectivity index (χ2n) is 4.24. The highest BCUT2D eigenvalue weighted by Crippen LogP contribution is 2.25. The molecule has 0 aromatic heterocycles. The topological polar surface area (TPSA) is 52.4 Å². The highest BCUT2D eigenvalue weighted by molar-refractivity contribution is 6.42. The molecule has 0 atom stereocenters. The molecular formula is C14H11Cl2NO3. The molecule has 0 saturated heterocycles. The van der Waals surface area contributed by atoms with Crippen LogP contribution in [0.15, 0.2) is 36.4 Å². The lowest BCUT2D eigenvalue weighted by molar-refractivity contribution is -0.385. The number of benzene rings is 2. The van der Waals surface area contributed by atoms with Crippen LogP contribution < -0.4 is 4.74 Å². The molecule has 104 valence electrons. The third-order valence-electron chi connectivity index (χ3n) is 2.75. The van der Waals surface area contributed by atoms with Gasteiger partial charge in [0, 0.05) is 11.6 Å². The maximum atomic E-state index is 10.7. The second-order valence-corrected chi connectivity index (χ2v) is 5.06. The van der Waals surface area contributed by atoms with E-state index in [1.54, 1.807) is 31.2 Å². The van der Waals surface area contributed by atoms with Crippen LogP contribution >= 0.6 is 23.2 Å². The van der Waals surface area contributed by atoms with Gasteiger partial charge in [0.15, 0.2) is 0 Å². The van der Waals surface area contributed by atoms with Gasteiger partial charge in [-0.3, -0.25) is 10.1 Å². The minimum atomic E-state index is -0.419. The summed E-state index contributed by atoms with van der Waals surface area (Å²) in [4.78, 5) is 10.3. The zero-order valence-electron chi connectivity index (χ0n) is 10.6. The SMILES string of the molecule is Cc1cc(OCc2ccc(Cl)c(Cl)c2)ccc1[N+](=O)[O-]. The van der Waals surface area contributed by atoms with Crippen molar-refractivity contribution in [3.8, 4) is 5.75 Å². The number of nitro benzene ring substituents is 1. The van der Waals surface area contributed by atoms with Crippen LogP contribution in [-0.4, -0.2) is 4.92 Å². The van der Waals surface area contributed by atoms with Crippen LogP contribution in [0, 0.1) is 17.0 Å². The molecule has 20 heavy (non-hydrogen) atoms. The first kappa shape index (κ1) is 14.6. The normalized spacial score (nSPS) is 10.3. The molecule has 0 aliphatic carbocycles. The lowest BCUT2D eigenvalue weighted by atomic mass is 10.2. The summed E-state index contributed by atoms with van der Waals surface area (Å²) in [6, 6.07) is 9.87. The Morgan fingerprint density at radius 1 is 1.15 bits per heavy atom. The maximum Gasteiger partial charge on any atom is 0.272 e. The van der Waals surface area contributed by atoms with E-state index in [1.807, 2.05) is 6.07 Å². The number of ether oxygens (including phenoxy) is 1. The fourth-order valence-corrected chi connectivity index (χ4v) is 2.04. The Hall–Kier alpha value is -1.78. The number of nitrogens with zero attached hydrogens (tertiary/aromatic N) is 1. The van der Waals surface area contributed by atoms with E-state index in [4.69, 9.17) is 27.9 Å². The number of halogens is 2. The predicted octanol–water partition coefficient (Wildman–Crippen LogP) is 4.79. The van der Waals surface area contributed by atoms with Gasteiger partial charge in [0.2, 0.25) is 0 Å². The molecule has 2 rings (SSSR count). The molecule has 2 aromatic carbocycles. The molecule has 6 heteroatoms. The minimum absolute atomic E-state index is 0.0758. The van der Waals surface area contributed by atoms with E-state index in [2.05, 4.69) is 0 Å². The Labute approximate surface area is 126 Å². The molecule has 2 aromatic rings. The zero-order valence-corrected chi connectivity index (χ0v) is 12.1. The fourth-order valence-electron chi connectivity index (χ4n) is 1.72. The average Bonchev–Trinajstić information content (AvgIpc) is 2.40. The summed E-state index contributed by atoms with van der Waals surface area (Å²) in [6.07, 6.45) is 0. The van der Waals surface area contributed by atoms with Gasteiger partial charge in [-0.1, -0.05) is 29.3 Å². The number of hydrogen-bond acceptors (Lipinski definition) is 3. The van der Waals surface area contributed by atoms with Crippen molar-refractivity contribution in [2.75, 3.05) is 0 Å². The first-order valence-corrected chi connectivity index (χ1v) is 6.55. The Balaban J connectivity index is 2.09. The Bertz CT molecular complexity index is 659. The van der Waals surface area contributed by atoms with Crippen molar-refractivity contribution in [3.63, 3.8) is 0 Å². The first-order valence-electron chi connectivity index (χ1n) is 5.79. The third-order valence-corrected chi connectivity index (χ3v) is 3.49. The van der Waals surface area contributed by atoms with E-state index < -0.39 is 4.92 Å². The van der Waals surface area contributed by atoms with E-state index >= 15 is 0 Å². The van der Waals surface area contributed by atoms with Crippen molar-refractivity contribution in [2.45, 2.75) is 13.5 Å². The van der Waals surface area contributed by atoms with Gasteiger partial charge in [0.25, 0.3) is 5.69 Å². The predicted molar refractivity (Wildman–Crippen MR) is 78.6 cm³/mol. The van der Waals surface area contributed by atoms with Gasteiger partial charge < -0.3 is 4.74 Å². The first-order chi connectivity index (χ1) is 9.47. The standard InChI is InChI=1S/C14H11Cl2NO3/c1-9-6-11(3-5-14(9)17(18)19)20-8-10-2-4-12(15)13(16)7-10/h2-7H,8H2,1H3. The van der Waals surface area contributed by atoms with Crippen molar-refractivity contribution < 1.29 is 9.66 Å². The molecule has 0 N–H and O–H groups in total. The Morgan fingerprint density at radius 2 is 1.90 bits per heavy atom. The zero-order chi connectivity index (χ0) is 14.7. The van der Waals surface area contributed by atoms with Crippen LogP contribution in [0.5, 0.6) is 5.75 Å². The summed E-state index contributed by atoms with van der Waals surface area (Å²) >= 11 is 11.7. The van der Waals surface area contributed by atoms with Crippen LogP contribution in [-0.2, 0) is 6.61 Å². The van der Waals surface area contributed by atoms with Crippen LogP contribution in [0.2, 0.25) is 10.0 Å². The van der Waals surface area contributed by atoms with Gasteiger partial charge in [-0.25, -0.2) is 0 Å². The number of hydrogen-bond donors (Lipinski definition) is 0. The van der Waals surface area contributed by atoms with E-state index in [-0.39, 0.29) is 5.69 Å². The smallest absolute Gasteiger partial charge is 0.272 e. The van der Waals surface area contributed by atoms with Gasteiger partial charge in [0.05, 0.1) is 15.0 Å². The molecular weight excluding hydrogens is 301 g/mol. The maximum absolute atomic E-state index is 10.7. The summed E-state index contributed by atoms with van der Waals surface area (Å²) in [5.74, 6) is 0.569. The van der Waals surface area contributed by atoms with Crippen LogP contribution in [0.3, 0.4) is 0 Å². The fraction of sp³-hybridized carbons (Fsp3) is 0.143. The summed E-state index contributed by atoms with van der Waals surface area (Å²) in [6.45, 7) is 1.98. The summed E-state index contributed by atoms with van der Waals surface area (Å²) in [5.41, 5.74) is 1.50. The van der Waals surface area contributed by atoms with Crippen molar-refractivity contribution in [2.24, 2.45) is 0 Å². The molecule has 4 nitrogen and oxygen atoms in total. The molecule has 0 aliphatic heterocycles. The Kier molecular flexibility index (Phi) is 4.47. The average molecular weight is 312 g/mol. The molecule has 0 saturated carbocycles. The van der Waals surface area contributed by atoms with Crippen molar-refractivity contribution in [3.05, 3.63) is 67.7 Å². The largest absolute Gasteiger partial charge is 0.489 e. The molecule has 0 bridgehead atoms. The van der Waals surface area contributed by atoms with E-state index in [0.717, 1.165) is 5.56 Å². The number of nitro groups is 1. The molecule has 0 heterocycles. The van der Waals surface area contributed by atoms with E-state index in [1.165, 1.54) is 6.07 Å². The molecule has 0 spiro atoms. The van der Waals surface area contributed by atoms with Gasteiger partial charge in [-0.05, 0) is 36.8 Å². The van der Waals surface area contributed by atoms with Crippen LogP contribution in [0.1, 0.15) is 11.1 Å². The highest BCUT2D eigenvalue weighted by atomic mass is 35.5. The molecule has 0 amide bonds. The summed E-state index contributed by atoms with van der Waals surface area (Å²) < 4.78 is 5.58. The van der Waals surface area contributed by atoms with Crippen molar-refractivity contribution >= 4 is 28.9 Å². The summed E-state index contributed by atoms with van der Waals surface area (Å²) in [5, 5.41) is 11.7. The molecule has 0 unspecified atom stereocenters. The van der Waals surface area contributed by atoms with Crippen molar-refractivity contribution in [1.82, 2.24) is 0 Å². The quantitative estimate of drug-likeness (QED) is 0.602. The van der Waals surface area contributed by atoms with E-state index in [9.17, 15) is 10.1 Å². The lowest BCUT2D eigenvalue weighted by Crippen LogP contribution is -1.97. The van der Waals surface area contributed by atoms with Gasteiger partial charge >= 0.3 is 0 Å². The summed E-state index contributed by atoms with van der Waals surface area (Å²) in [7, 11) is 0. The molecule has 0 radical (unpaired) electrons. The van der Waals surface area contributed by atoms with Crippen molar-refractivity contribution in [1.29, 1.82) is 0 Å². The van der Waals surface area contributed by atoms with Crippen LogP contribution in [0.4, 0.5) is 5.69 Å². The number of rotatable bonds is 4. The van der Waals surface area contributed by atoms with Gasteiger partial charge in [-0.2, -0.15) is 0 Å². The highest BCUT2D eigenvalue weighted by Gasteiger charge is 2.10. The van der Waals surface area contributed by atoms with Gasteiger partial charge in [-0.15, -0.1) is 0 Å². The lowest BCUT2D eigenvalue weighted by Gasteiger charge is -2.08. The second kappa shape index (κ2) is 6.11. The molecule has 0 aliphatic rings. The van der Waals surface area contributed by atoms with Crippen LogP contribution in [0.25, 0.3) is 0 Å². The number of aryl methyl sites for hydroxylation is 1. The minimum Gasteiger partial charge on any atom is -0.489 e.